The number of anilines is 1. The number of amides is 2. The van der Waals surface area contributed by atoms with E-state index in [0.29, 0.717) is 11.1 Å². The van der Waals surface area contributed by atoms with Gasteiger partial charge in [-0.2, -0.15) is 0 Å². The molecule has 2 fully saturated rings. The summed E-state index contributed by atoms with van der Waals surface area (Å²) in [5.74, 6) is 1.52. The number of likely N-dealkylation sites (N-methyl/N-ethyl adjacent to an activating group) is 1. The van der Waals surface area contributed by atoms with Crippen molar-refractivity contribution in [3.63, 3.8) is 0 Å². The molecule has 172 valence electrons. The van der Waals surface area contributed by atoms with Crippen LogP contribution in [0.5, 0.6) is 11.5 Å². The molecule has 0 aromatic heterocycles. The van der Waals surface area contributed by atoms with Crippen molar-refractivity contribution >= 4 is 23.3 Å². The number of benzene rings is 2. The van der Waals surface area contributed by atoms with E-state index < -0.39 is 0 Å². The second kappa shape index (κ2) is 9.20. The number of ether oxygens (including phenoxy) is 2. The SMILES string of the molecule is COc1ccc([C@@]23CC[C@@H](NC(=O)Nc4ccc(Cl)cc4C)C[C@@H]2N(C)CC3)cc1OC. The summed E-state index contributed by atoms with van der Waals surface area (Å²) < 4.78 is 11.0. The Morgan fingerprint density at radius 3 is 2.62 bits per heavy atom. The summed E-state index contributed by atoms with van der Waals surface area (Å²) in [4.78, 5) is 15.1. The van der Waals surface area contributed by atoms with Gasteiger partial charge in [0.15, 0.2) is 11.5 Å². The van der Waals surface area contributed by atoms with E-state index >= 15 is 0 Å². The fraction of sp³-hybridized carbons (Fsp3) is 0.480. The highest BCUT2D eigenvalue weighted by atomic mass is 35.5. The zero-order valence-electron chi connectivity index (χ0n) is 19.2. The molecule has 1 saturated heterocycles. The van der Waals surface area contributed by atoms with Crippen LogP contribution < -0.4 is 20.1 Å². The van der Waals surface area contributed by atoms with Crippen molar-refractivity contribution in [3.8, 4) is 11.5 Å². The second-order valence-corrected chi connectivity index (χ2v) is 9.44. The first-order chi connectivity index (χ1) is 15.4. The van der Waals surface area contributed by atoms with E-state index in [1.165, 1.54) is 5.56 Å². The number of carbonyl (C=O) groups is 1. The Bertz CT molecular complexity index is 998. The molecule has 3 atom stereocenters. The van der Waals surface area contributed by atoms with Crippen LogP contribution in [-0.4, -0.2) is 50.8 Å². The molecule has 2 N–H and O–H groups in total. The van der Waals surface area contributed by atoms with E-state index in [1.807, 2.05) is 25.1 Å². The molecule has 0 radical (unpaired) electrons. The molecular formula is C25H32ClN3O3. The minimum atomic E-state index is -0.167. The molecule has 7 heteroatoms. The fourth-order valence-electron chi connectivity index (χ4n) is 5.51. The van der Waals surface area contributed by atoms with E-state index in [1.54, 1.807) is 20.3 Å². The van der Waals surface area contributed by atoms with Gasteiger partial charge in [0.2, 0.25) is 0 Å². The van der Waals surface area contributed by atoms with Crippen LogP contribution >= 0.6 is 11.6 Å². The third kappa shape index (κ3) is 4.26. The zero-order valence-corrected chi connectivity index (χ0v) is 20.0. The monoisotopic (exact) mass is 457 g/mol. The van der Waals surface area contributed by atoms with E-state index in [0.717, 1.165) is 55.0 Å². The van der Waals surface area contributed by atoms with Crippen LogP contribution in [0.4, 0.5) is 10.5 Å². The number of likely N-dealkylation sites (tertiary alicyclic amines) is 1. The van der Waals surface area contributed by atoms with E-state index in [-0.39, 0.29) is 17.5 Å². The number of halogens is 1. The van der Waals surface area contributed by atoms with Crippen molar-refractivity contribution in [2.24, 2.45) is 0 Å². The van der Waals surface area contributed by atoms with Gasteiger partial charge in [0.1, 0.15) is 0 Å². The fourth-order valence-corrected chi connectivity index (χ4v) is 5.73. The van der Waals surface area contributed by atoms with Gasteiger partial charge < -0.3 is 25.0 Å². The second-order valence-electron chi connectivity index (χ2n) is 9.00. The molecule has 2 amide bonds. The number of methoxy groups -OCH3 is 2. The Kier molecular flexibility index (Phi) is 6.54. The molecule has 4 rings (SSSR count). The summed E-state index contributed by atoms with van der Waals surface area (Å²) in [6, 6.07) is 12.1. The standard InChI is InChI=1S/C25H32ClN3O3/c1-16-13-18(26)6-7-20(16)28-24(30)27-19-9-10-25(11-12-29(2)23(25)15-19)17-5-8-21(31-3)22(14-17)32-4/h5-8,13-14,19,23H,9-12,15H2,1-4H3,(H2,27,28,30)/t19-,23+,25+/m1/s1. The number of rotatable bonds is 5. The molecule has 0 unspecified atom stereocenters. The minimum absolute atomic E-state index is 0.0652. The number of aryl methyl sites for hydroxylation is 1. The molecule has 32 heavy (non-hydrogen) atoms. The quantitative estimate of drug-likeness (QED) is 0.664. The zero-order chi connectivity index (χ0) is 22.9. The number of nitrogens with one attached hydrogen (secondary N) is 2. The lowest BCUT2D eigenvalue weighted by molar-refractivity contribution is 0.156. The first-order valence-electron chi connectivity index (χ1n) is 11.1. The molecule has 2 aromatic rings. The minimum Gasteiger partial charge on any atom is -0.493 e. The highest BCUT2D eigenvalue weighted by molar-refractivity contribution is 6.30. The van der Waals surface area contributed by atoms with Gasteiger partial charge in [-0.15, -0.1) is 0 Å². The topological polar surface area (TPSA) is 62.8 Å². The van der Waals surface area contributed by atoms with Crippen LogP contribution in [0.1, 0.15) is 36.8 Å². The lowest BCUT2D eigenvalue weighted by Gasteiger charge is -2.45. The summed E-state index contributed by atoms with van der Waals surface area (Å²) in [6.07, 6.45) is 3.97. The van der Waals surface area contributed by atoms with E-state index in [4.69, 9.17) is 21.1 Å². The van der Waals surface area contributed by atoms with Gasteiger partial charge in [0, 0.05) is 28.2 Å². The first-order valence-corrected chi connectivity index (χ1v) is 11.5. The summed E-state index contributed by atoms with van der Waals surface area (Å²) in [6.45, 7) is 2.98. The summed E-state index contributed by atoms with van der Waals surface area (Å²) in [5.41, 5.74) is 3.08. The molecule has 0 spiro atoms. The highest BCUT2D eigenvalue weighted by Crippen LogP contribution is 2.49. The van der Waals surface area contributed by atoms with Crippen molar-refractivity contribution in [1.82, 2.24) is 10.2 Å². The van der Waals surface area contributed by atoms with Crippen molar-refractivity contribution in [3.05, 3.63) is 52.5 Å². The number of fused-ring (bicyclic) bond motifs is 1. The number of carbonyl (C=O) groups excluding carboxylic acids is 1. The van der Waals surface area contributed by atoms with Crippen molar-refractivity contribution in [1.29, 1.82) is 0 Å². The maximum absolute atomic E-state index is 12.7. The van der Waals surface area contributed by atoms with Crippen molar-refractivity contribution in [2.45, 2.75) is 50.1 Å². The van der Waals surface area contributed by atoms with E-state index in [9.17, 15) is 4.79 Å². The Balaban J connectivity index is 1.48. The van der Waals surface area contributed by atoms with Crippen LogP contribution in [-0.2, 0) is 5.41 Å². The van der Waals surface area contributed by atoms with Crippen LogP contribution in [0, 0.1) is 6.92 Å². The number of hydrogen-bond donors (Lipinski definition) is 2. The van der Waals surface area contributed by atoms with Gasteiger partial charge in [0.05, 0.1) is 14.2 Å². The summed E-state index contributed by atoms with van der Waals surface area (Å²) in [7, 11) is 5.53. The molecule has 2 aliphatic rings. The number of nitrogens with zero attached hydrogens (tertiary/aromatic N) is 1. The lowest BCUT2D eigenvalue weighted by Crippen LogP contribution is -2.52. The molecule has 2 aromatic carbocycles. The van der Waals surface area contributed by atoms with Crippen LogP contribution in [0.3, 0.4) is 0 Å². The average molecular weight is 458 g/mol. The smallest absolute Gasteiger partial charge is 0.319 e. The van der Waals surface area contributed by atoms with Crippen molar-refractivity contribution in [2.75, 3.05) is 33.1 Å². The molecule has 6 nitrogen and oxygen atoms in total. The first kappa shape index (κ1) is 22.7. The molecule has 1 heterocycles. The van der Waals surface area contributed by atoms with Gasteiger partial charge >= 0.3 is 6.03 Å². The number of urea groups is 1. The Morgan fingerprint density at radius 1 is 1.12 bits per heavy atom. The molecule has 0 bridgehead atoms. The van der Waals surface area contributed by atoms with Gasteiger partial charge in [-0.05, 0) is 87.7 Å². The highest BCUT2D eigenvalue weighted by Gasteiger charge is 2.50. The third-order valence-corrected chi connectivity index (χ3v) is 7.49. The molecule has 1 aliphatic carbocycles. The van der Waals surface area contributed by atoms with Crippen LogP contribution in [0.2, 0.25) is 5.02 Å². The van der Waals surface area contributed by atoms with Crippen LogP contribution in [0.15, 0.2) is 36.4 Å². The van der Waals surface area contributed by atoms with Crippen LogP contribution in [0.25, 0.3) is 0 Å². The third-order valence-electron chi connectivity index (χ3n) is 7.26. The van der Waals surface area contributed by atoms with Gasteiger partial charge in [-0.3, -0.25) is 0 Å². The predicted molar refractivity (Wildman–Crippen MR) is 128 cm³/mol. The number of hydrogen-bond acceptors (Lipinski definition) is 4. The predicted octanol–water partition coefficient (Wildman–Crippen LogP) is 4.98. The molecule has 1 aliphatic heterocycles. The van der Waals surface area contributed by atoms with Gasteiger partial charge in [-0.25, -0.2) is 4.79 Å². The van der Waals surface area contributed by atoms with Gasteiger partial charge in [-0.1, -0.05) is 17.7 Å². The Morgan fingerprint density at radius 2 is 1.91 bits per heavy atom. The maximum Gasteiger partial charge on any atom is 0.319 e. The van der Waals surface area contributed by atoms with Gasteiger partial charge in [0.25, 0.3) is 0 Å². The Labute approximate surface area is 195 Å². The molecule has 1 saturated carbocycles. The summed E-state index contributed by atoms with van der Waals surface area (Å²) >= 11 is 6.03. The maximum atomic E-state index is 12.7. The van der Waals surface area contributed by atoms with E-state index in [2.05, 4.69) is 34.7 Å². The summed E-state index contributed by atoms with van der Waals surface area (Å²) in [5, 5.41) is 6.83. The average Bonchev–Trinajstić information content (AvgIpc) is 3.12. The largest absolute Gasteiger partial charge is 0.493 e. The van der Waals surface area contributed by atoms with Crippen molar-refractivity contribution < 1.29 is 14.3 Å². The Hall–Kier alpha value is -2.44. The normalized spacial score (nSPS) is 25.2. The molecular weight excluding hydrogens is 426 g/mol. The lowest BCUT2D eigenvalue weighted by atomic mass is 9.65.